The maximum Gasteiger partial charge on any atom is 0.224 e. The van der Waals surface area contributed by atoms with Gasteiger partial charge in [-0.1, -0.05) is 67.6 Å². The van der Waals surface area contributed by atoms with Crippen molar-refractivity contribution in [1.29, 1.82) is 0 Å². The van der Waals surface area contributed by atoms with Crippen molar-refractivity contribution in [3.05, 3.63) is 71.8 Å². The number of ether oxygens (including phenoxy) is 1. The topological polar surface area (TPSA) is 64.3 Å². The van der Waals surface area contributed by atoms with E-state index in [1.807, 2.05) is 43.3 Å². The van der Waals surface area contributed by atoms with Crippen LogP contribution in [0.1, 0.15) is 36.9 Å². The summed E-state index contributed by atoms with van der Waals surface area (Å²) < 4.78 is 5.56. The zero-order valence-electron chi connectivity index (χ0n) is 15.8. The third kappa shape index (κ3) is 5.10. The molecule has 0 bridgehead atoms. The molecule has 1 aliphatic heterocycles. The van der Waals surface area contributed by atoms with Crippen molar-refractivity contribution in [3.63, 3.8) is 0 Å². The maximum atomic E-state index is 12.8. The lowest BCUT2D eigenvalue weighted by Crippen LogP contribution is -2.46. The van der Waals surface area contributed by atoms with Gasteiger partial charge in [-0.25, -0.2) is 0 Å². The third-order valence-electron chi connectivity index (χ3n) is 5.57. The van der Waals surface area contributed by atoms with Crippen molar-refractivity contribution in [2.45, 2.75) is 31.2 Å². The number of halogens is 1. The highest BCUT2D eigenvalue weighted by atomic mass is 35.5. The average molecular weight is 389 g/mol. The van der Waals surface area contributed by atoms with Gasteiger partial charge in [-0.2, -0.15) is 0 Å². The fourth-order valence-corrected chi connectivity index (χ4v) is 3.67. The summed E-state index contributed by atoms with van der Waals surface area (Å²) in [7, 11) is 0. The molecule has 5 heteroatoms. The second kappa shape index (κ2) is 9.88. The first-order valence-electron chi connectivity index (χ1n) is 9.34. The van der Waals surface area contributed by atoms with Crippen LogP contribution in [0.15, 0.2) is 60.7 Å². The highest BCUT2D eigenvalue weighted by Crippen LogP contribution is 2.34. The quantitative estimate of drug-likeness (QED) is 0.794. The number of carbonyl (C=O) groups is 1. The summed E-state index contributed by atoms with van der Waals surface area (Å²) in [4.78, 5) is 12.8. The van der Waals surface area contributed by atoms with Crippen molar-refractivity contribution in [3.8, 4) is 0 Å². The monoisotopic (exact) mass is 388 g/mol. The number of hydrogen-bond acceptors (Lipinski definition) is 3. The SMILES string of the molecule is CC(C(=O)NCC1(c2ccccc2)CCOCC1)C(N)c1ccccc1.Cl. The molecule has 1 fully saturated rings. The van der Waals surface area contributed by atoms with E-state index in [-0.39, 0.29) is 35.7 Å². The molecular weight excluding hydrogens is 360 g/mol. The molecule has 0 spiro atoms. The summed E-state index contributed by atoms with van der Waals surface area (Å²) in [6.07, 6.45) is 1.83. The molecule has 1 saturated heterocycles. The van der Waals surface area contributed by atoms with Crippen molar-refractivity contribution in [2.24, 2.45) is 11.7 Å². The molecule has 1 amide bonds. The number of amides is 1. The van der Waals surface area contributed by atoms with Crippen molar-refractivity contribution < 1.29 is 9.53 Å². The van der Waals surface area contributed by atoms with Gasteiger partial charge in [0.05, 0.1) is 5.92 Å². The van der Waals surface area contributed by atoms with Crippen molar-refractivity contribution in [2.75, 3.05) is 19.8 Å². The Kier molecular flexibility index (Phi) is 7.84. The molecule has 27 heavy (non-hydrogen) atoms. The number of rotatable bonds is 6. The van der Waals surface area contributed by atoms with Crippen LogP contribution in [-0.2, 0) is 14.9 Å². The van der Waals surface area contributed by atoms with Crippen molar-refractivity contribution in [1.82, 2.24) is 5.32 Å². The number of nitrogens with two attached hydrogens (primary N) is 1. The standard InChI is InChI=1S/C22H28N2O2.ClH/c1-17(20(23)18-8-4-2-5-9-18)21(25)24-16-22(12-14-26-15-13-22)19-10-6-3-7-11-19;/h2-11,17,20H,12-16,23H2,1H3,(H,24,25);1H. The summed E-state index contributed by atoms with van der Waals surface area (Å²) in [5, 5.41) is 3.17. The number of benzene rings is 2. The predicted molar refractivity (Wildman–Crippen MR) is 111 cm³/mol. The zero-order chi connectivity index (χ0) is 18.4. The van der Waals surface area contributed by atoms with Gasteiger partial charge in [-0.15, -0.1) is 12.4 Å². The Balaban J connectivity index is 0.00000261. The van der Waals surface area contributed by atoms with E-state index in [0.29, 0.717) is 6.54 Å². The minimum absolute atomic E-state index is 0. The molecule has 0 aromatic heterocycles. The van der Waals surface area contributed by atoms with E-state index in [2.05, 4.69) is 29.6 Å². The van der Waals surface area contributed by atoms with E-state index in [9.17, 15) is 4.79 Å². The molecular formula is C22H29ClN2O2. The Morgan fingerprint density at radius 3 is 2.22 bits per heavy atom. The fraction of sp³-hybridized carbons (Fsp3) is 0.409. The summed E-state index contributed by atoms with van der Waals surface area (Å²) >= 11 is 0. The van der Waals surface area contributed by atoms with Crippen LogP contribution >= 0.6 is 12.4 Å². The van der Waals surface area contributed by atoms with Gasteiger partial charge in [0.15, 0.2) is 0 Å². The Morgan fingerprint density at radius 1 is 1.07 bits per heavy atom. The zero-order valence-corrected chi connectivity index (χ0v) is 16.6. The molecule has 2 atom stereocenters. The fourth-order valence-electron chi connectivity index (χ4n) is 3.67. The Bertz CT molecular complexity index is 703. The summed E-state index contributed by atoms with van der Waals surface area (Å²) in [6, 6.07) is 19.9. The third-order valence-corrected chi connectivity index (χ3v) is 5.57. The van der Waals surface area contributed by atoms with E-state index in [4.69, 9.17) is 10.5 Å². The van der Waals surface area contributed by atoms with Crippen molar-refractivity contribution >= 4 is 18.3 Å². The van der Waals surface area contributed by atoms with Gasteiger partial charge in [0.25, 0.3) is 0 Å². The lowest BCUT2D eigenvalue weighted by molar-refractivity contribution is -0.125. The smallest absolute Gasteiger partial charge is 0.224 e. The highest BCUT2D eigenvalue weighted by molar-refractivity contribution is 5.85. The van der Waals surface area contributed by atoms with E-state index in [1.165, 1.54) is 5.56 Å². The van der Waals surface area contributed by atoms with Crippen LogP contribution in [0, 0.1) is 5.92 Å². The van der Waals surface area contributed by atoms with Crippen LogP contribution in [0.2, 0.25) is 0 Å². The van der Waals surface area contributed by atoms with Gasteiger partial charge in [-0.05, 0) is 24.0 Å². The van der Waals surface area contributed by atoms with Gasteiger partial charge in [0.1, 0.15) is 0 Å². The van der Waals surface area contributed by atoms with Gasteiger partial charge in [0.2, 0.25) is 5.91 Å². The summed E-state index contributed by atoms with van der Waals surface area (Å²) in [5.41, 5.74) is 8.50. The molecule has 3 rings (SSSR count). The van der Waals surface area contributed by atoms with Crippen LogP contribution in [0.5, 0.6) is 0 Å². The van der Waals surface area contributed by atoms with Crippen LogP contribution in [0.25, 0.3) is 0 Å². The lowest BCUT2D eigenvalue weighted by atomic mass is 9.74. The first kappa shape index (κ1) is 21.4. The lowest BCUT2D eigenvalue weighted by Gasteiger charge is -2.38. The molecule has 0 radical (unpaired) electrons. The van der Waals surface area contributed by atoms with Gasteiger partial charge in [-0.3, -0.25) is 4.79 Å². The number of nitrogens with one attached hydrogen (secondary N) is 1. The Hall–Kier alpha value is -1.88. The van der Waals surface area contributed by atoms with Gasteiger partial charge in [0, 0.05) is 31.2 Å². The Morgan fingerprint density at radius 2 is 1.63 bits per heavy atom. The van der Waals surface area contributed by atoms with E-state index < -0.39 is 0 Å². The second-order valence-corrected chi connectivity index (χ2v) is 7.20. The molecule has 0 aliphatic carbocycles. The number of carbonyl (C=O) groups excluding carboxylic acids is 1. The molecule has 2 aromatic rings. The second-order valence-electron chi connectivity index (χ2n) is 7.20. The molecule has 0 saturated carbocycles. The molecule has 4 nitrogen and oxygen atoms in total. The maximum absolute atomic E-state index is 12.8. The van der Waals surface area contributed by atoms with Crippen LogP contribution in [0.3, 0.4) is 0 Å². The molecule has 146 valence electrons. The van der Waals surface area contributed by atoms with Crippen LogP contribution in [-0.4, -0.2) is 25.7 Å². The molecule has 1 heterocycles. The molecule has 3 N–H and O–H groups in total. The normalized spacial score (nSPS) is 18.0. The summed E-state index contributed by atoms with van der Waals surface area (Å²) in [6.45, 7) is 3.96. The van der Waals surface area contributed by atoms with Gasteiger partial charge >= 0.3 is 0 Å². The first-order chi connectivity index (χ1) is 12.6. The largest absolute Gasteiger partial charge is 0.381 e. The molecule has 2 aromatic carbocycles. The minimum atomic E-state index is -0.307. The Labute approximate surface area is 167 Å². The van der Waals surface area contributed by atoms with E-state index >= 15 is 0 Å². The minimum Gasteiger partial charge on any atom is -0.381 e. The van der Waals surface area contributed by atoms with Crippen LogP contribution in [0.4, 0.5) is 0 Å². The summed E-state index contributed by atoms with van der Waals surface area (Å²) in [5.74, 6) is -0.284. The number of hydrogen-bond donors (Lipinski definition) is 2. The highest BCUT2D eigenvalue weighted by Gasteiger charge is 2.35. The molecule has 2 unspecified atom stereocenters. The van der Waals surface area contributed by atoms with E-state index in [1.54, 1.807) is 0 Å². The van der Waals surface area contributed by atoms with Crippen LogP contribution < -0.4 is 11.1 Å². The predicted octanol–water partition coefficient (Wildman–Crippen LogP) is 3.61. The average Bonchev–Trinajstić information content (AvgIpc) is 2.73. The van der Waals surface area contributed by atoms with E-state index in [0.717, 1.165) is 31.6 Å². The van der Waals surface area contributed by atoms with Gasteiger partial charge < -0.3 is 15.8 Å². The first-order valence-corrected chi connectivity index (χ1v) is 9.34. The molecule has 1 aliphatic rings.